The maximum atomic E-state index is 13.9. The molecular weight excluding hydrogens is 516 g/mol. The summed E-state index contributed by atoms with van der Waals surface area (Å²) in [5, 5.41) is 2.71. The second kappa shape index (κ2) is 11.9. The number of rotatable bonds is 7. The van der Waals surface area contributed by atoms with Crippen LogP contribution >= 0.6 is 0 Å². The number of nitrogens with zero attached hydrogens (tertiary/aromatic N) is 3. The van der Waals surface area contributed by atoms with E-state index in [1.165, 1.54) is 12.0 Å². The molecule has 220 valence electrons. The number of alkyl carbamates (subject to hydrolysis) is 1. The molecule has 2 heterocycles. The van der Waals surface area contributed by atoms with Gasteiger partial charge in [0.25, 0.3) is 0 Å². The van der Waals surface area contributed by atoms with Crippen LogP contribution in [0.2, 0.25) is 0 Å². The molecule has 0 saturated carbocycles. The summed E-state index contributed by atoms with van der Waals surface area (Å²) in [6.07, 6.45) is -1.09. The molecule has 0 aliphatic carbocycles. The Labute approximate surface area is 235 Å². The van der Waals surface area contributed by atoms with Gasteiger partial charge < -0.3 is 29.2 Å². The summed E-state index contributed by atoms with van der Waals surface area (Å²) in [5.74, 6) is -0.0222. The van der Waals surface area contributed by atoms with Gasteiger partial charge in [0.2, 0.25) is 11.8 Å². The lowest BCUT2D eigenvalue weighted by Crippen LogP contribution is -2.57. The lowest BCUT2D eigenvalue weighted by atomic mass is 9.85. The van der Waals surface area contributed by atoms with E-state index < -0.39 is 47.2 Å². The van der Waals surface area contributed by atoms with E-state index in [4.69, 9.17) is 28.9 Å². The van der Waals surface area contributed by atoms with Crippen LogP contribution in [0.5, 0.6) is 11.6 Å². The Morgan fingerprint density at radius 2 is 1.70 bits per heavy atom. The molecule has 3 atom stereocenters. The van der Waals surface area contributed by atoms with Crippen molar-refractivity contribution in [2.45, 2.75) is 91.5 Å². The summed E-state index contributed by atoms with van der Waals surface area (Å²) in [6.45, 7) is 14.8. The minimum Gasteiger partial charge on any atom is -0.497 e. The second-order valence-electron chi connectivity index (χ2n) is 12.4. The van der Waals surface area contributed by atoms with Gasteiger partial charge in [-0.3, -0.25) is 4.79 Å². The smallest absolute Gasteiger partial charge is 0.408 e. The lowest BCUT2D eigenvalue weighted by molar-refractivity contribution is -0.152. The van der Waals surface area contributed by atoms with Crippen LogP contribution in [0, 0.1) is 5.41 Å². The first-order valence-electron chi connectivity index (χ1n) is 13.4. The van der Waals surface area contributed by atoms with E-state index in [0.717, 1.165) is 0 Å². The summed E-state index contributed by atoms with van der Waals surface area (Å²) in [7, 11) is 2.85. The molecule has 1 saturated heterocycles. The Morgan fingerprint density at radius 3 is 2.25 bits per heavy atom. The lowest BCUT2D eigenvalue weighted by Gasteiger charge is -2.35. The van der Waals surface area contributed by atoms with E-state index in [-0.39, 0.29) is 18.9 Å². The van der Waals surface area contributed by atoms with E-state index in [1.54, 1.807) is 33.9 Å². The van der Waals surface area contributed by atoms with Crippen molar-refractivity contribution in [2.24, 2.45) is 5.41 Å². The normalized spacial score (nSPS) is 18.4. The molecule has 1 fully saturated rings. The average molecular weight is 559 g/mol. The quantitative estimate of drug-likeness (QED) is 0.497. The molecule has 40 heavy (non-hydrogen) atoms. The highest BCUT2D eigenvalue weighted by Crippen LogP contribution is 2.32. The molecule has 1 unspecified atom stereocenters. The molecule has 3 rings (SSSR count). The molecule has 11 nitrogen and oxygen atoms in total. The Bertz CT molecular complexity index is 1250. The molecule has 0 bridgehead atoms. The highest BCUT2D eigenvalue weighted by molar-refractivity contribution is 5.91. The van der Waals surface area contributed by atoms with Gasteiger partial charge in [0.1, 0.15) is 35.2 Å². The predicted molar refractivity (Wildman–Crippen MR) is 149 cm³/mol. The average Bonchev–Trinajstić information content (AvgIpc) is 3.27. The number of fused-ring (bicyclic) bond motifs is 1. The van der Waals surface area contributed by atoms with Crippen molar-refractivity contribution in [3.63, 3.8) is 0 Å². The molecule has 2 amide bonds. The molecule has 0 spiro atoms. The molecule has 1 aromatic heterocycles. The van der Waals surface area contributed by atoms with E-state index in [1.807, 2.05) is 46.8 Å². The molecule has 0 radical (unpaired) electrons. The Balaban J connectivity index is 1.92. The van der Waals surface area contributed by atoms with Crippen molar-refractivity contribution in [2.75, 3.05) is 20.8 Å². The molecule has 1 N–H and O–H groups in total. The van der Waals surface area contributed by atoms with E-state index in [0.29, 0.717) is 28.4 Å². The first kappa shape index (κ1) is 30.9. The number of carbonyl (C=O) groups is 3. The van der Waals surface area contributed by atoms with Crippen molar-refractivity contribution >= 4 is 29.0 Å². The van der Waals surface area contributed by atoms with Gasteiger partial charge in [0.05, 0.1) is 31.8 Å². The van der Waals surface area contributed by atoms with Gasteiger partial charge in [-0.15, -0.1) is 0 Å². The van der Waals surface area contributed by atoms with Crippen molar-refractivity contribution in [3.05, 3.63) is 23.9 Å². The SMILES string of the molecule is COC(=O)C1C[C@@H](Oc2nc3cc(OC)ccc3nc2C(C)C)CN1C(=O)[C@@H](NC(=O)OC(C)(C)C)C(C)(C)C. The summed E-state index contributed by atoms with van der Waals surface area (Å²) in [4.78, 5) is 50.2. The Morgan fingerprint density at radius 1 is 1.02 bits per heavy atom. The zero-order valence-electron chi connectivity index (χ0n) is 25.2. The van der Waals surface area contributed by atoms with Gasteiger partial charge in [-0.2, -0.15) is 0 Å². The topological polar surface area (TPSA) is 129 Å². The Kier molecular flexibility index (Phi) is 9.16. The van der Waals surface area contributed by atoms with Crippen molar-refractivity contribution in [1.29, 1.82) is 0 Å². The Hall–Kier alpha value is -3.63. The zero-order valence-corrected chi connectivity index (χ0v) is 25.2. The first-order valence-corrected chi connectivity index (χ1v) is 13.4. The molecule has 1 aromatic carbocycles. The number of esters is 1. The van der Waals surface area contributed by atoms with Crippen LogP contribution in [0.1, 0.15) is 73.4 Å². The first-order chi connectivity index (χ1) is 18.5. The standard InChI is InChI=1S/C29H42N4O7/c1-16(2)22-24(31-20-13-17(37-9)11-12-19(20)30-22)39-18-14-21(26(35)38-10)33(15-18)25(34)23(28(3,4)5)32-27(36)40-29(6,7)8/h11-13,16,18,21,23H,14-15H2,1-10H3,(H,32,36)/t18-,21?,23-/m1/s1. The third-order valence-electron chi connectivity index (χ3n) is 6.48. The van der Waals surface area contributed by atoms with Gasteiger partial charge in [-0.05, 0) is 38.3 Å². The highest BCUT2D eigenvalue weighted by Gasteiger charge is 2.46. The fourth-order valence-corrected chi connectivity index (χ4v) is 4.50. The van der Waals surface area contributed by atoms with Crippen LogP contribution in [0.4, 0.5) is 4.79 Å². The number of aromatic nitrogens is 2. The number of ether oxygens (including phenoxy) is 4. The minimum absolute atomic E-state index is 0.00726. The van der Waals surface area contributed by atoms with Crippen LogP contribution in [0.25, 0.3) is 11.0 Å². The van der Waals surface area contributed by atoms with Crippen LogP contribution in [0.3, 0.4) is 0 Å². The van der Waals surface area contributed by atoms with Gasteiger partial charge in [-0.25, -0.2) is 19.6 Å². The van der Waals surface area contributed by atoms with Crippen molar-refractivity contribution in [1.82, 2.24) is 20.2 Å². The largest absolute Gasteiger partial charge is 0.497 e. The predicted octanol–water partition coefficient (Wildman–Crippen LogP) is 4.22. The number of methoxy groups -OCH3 is 2. The maximum Gasteiger partial charge on any atom is 0.408 e. The van der Waals surface area contributed by atoms with E-state index in [9.17, 15) is 14.4 Å². The summed E-state index contributed by atoms with van der Waals surface area (Å²) < 4.78 is 22.1. The molecule has 2 aromatic rings. The number of hydrogen-bond donors (Lipinski definition) is 1. The zero-order chi connectivity index (χ0) is 30.0. The number of nitrogens with one attached hydrogen (secondary N) is 1. The number of amides is 2. The third-order valence-corrected chi connectivity index (χ3v) is 6.48. The summed E-state index contributed by atoms with van der Waals surface area (Å²) in [5.41, 5.74) is 0.547. The molecule has 1 aliphatic heterocycles. The van der Waals surface area contributed by atoms with Crippen LogP contribution in [-0.2, 0) is 19.1 Å². The summed E-state index contributed by atoms with van der Waals surface area (Å²) >= 11 is 0. The number of hydrogen-bond acceptors (Lipinski definition) is 9. The molecule has 11 heteroatoms. The molecular formula is C29H42N4O7. The highest BCUT2D eigenvalue weighted by atomic mass is 16.6. The fraction of sp³-hybridized carbons (Fsp3) is 0.621. The number of likely N-dealkylation sites (tertiary alicyclic amines) is 1. The van der Waals surface area contributed by atoms with Gasteiger partial charge in [-0.1, -0.05) is 34.6 Å². The minimum atomic E-state index is -0.965. The number of benzene rings is 1. The maximum absolute atomic E-state index is 13.9. The van der Waals surface area contributed by atoms with Crippen molar-refractivity contribution in [3.8, 4) is 11.6 Å². The molecule has 1 aliphatic rings. The fourth-order valence-electron chi connectivity index (χ4n) is 4.50. The van der Waals surface area contributed by atoms with Crippen LogP contribution in [0.15, 0.2) is 18.2 Å². The number of carbonyl (C=O) groups excluding carboxylic acids is 3. The van der Waals surface area contributed by atoms with E-state index >= 15 is 0 Å². The third kappa shape index (κ3) is 7.31. The summed E-state index contributed by atoms with van der Waals surface area (Å²) in [6, 6.07) is 3.57. The van der Waals surface area contributed by atoms with Crippen molar-refractivity contribution < 1.29 is 33.3 Å². The van der Waals surface area contributed by atoms with Gasteiger partial charge >= 0.3 is 12.1 Å². The monoisotopic (exact) mass is 558 g/mol. The van der Waals surface area contributed by atoms with Crippen LogP contribution in [-0.4, -0.2) is 77.4 Å². The second-order valence-corrected chi connectivity index (χ2v) is 12.4. The van der Waals surface area contributed by atoms with Gasteiger partial charge in [0, 0.05) is 18.4 Å². The van der Waals surface area contributed by atoms with Crippen LogP contribution < -0.4 is 14.8 Å². The van der Waals surface area contributed by atoms with E-state index in [2.05, 4.69) is 5.32 Å². The van der Waals surface area contributed by atoms with Gasteiger partial charge in [0.15, 0.2) is 0 Å².